The minimum absolute atomic E-state index is 0.00347. The average molecular weight is 122 g/mol. The molecule has 0 aliphatic rings. The predicted octanol–water partition coefficient (Wildman–Crippen LogP) is -0.743. The first-order chi connectivity index (χ1) is 3.77. The van der Waals surface area contributed by atoms with Crippen molar-refractivity contribution in [2.45, 2.75) is 0 Å². The molecule has 0 bridgehead atoms. The maximum absolute atomic E-state index is 9.43. The molecule has 0 fully saturated rings. The molecule has 0 radical (unpaired) electrons. The van der Waals surface area contributed by atoms with Gasteiger partial charge in [0, 0.05) is 0 Å². The lowest BCUT2D eigenvalue weighted by Gasteiger charge is -1.91. The fourth-order valence-electron chi connectivity index (χ4n) is 0.183. The number of rotatable bonds is 4. The van der Waals surface area contributed by atoms with Crippen LogP contribution in [0.25, 0.3) is 0 Å². The Morgan fingerprint density at radius 3 is 2.88 bits per heavy atom. The number of hydrazine groups is 1. The molecule has 0 spiro atoms. The first-order valence-electron chi connectivity index (χ1n) is 1.91. The molecule has 0 unspecified atom stereocenters. The summed E-state index contributed by atoms with van der Waals surface area (Å²) in [6, 6.07) is 0. The van der Waals surface area contributed by atoms with E-state index in [0.29, 0.717) is 0 Å². The highest BCUT2D eigenvalue weighted by atomic mass is 17.1. The molecule has 8 heavy (non-hydrogen) atoms. The zero-order valence-corrected chi connectivity index (χ0v) is 4.03. The Balaban J connectivity index is 2.82. The van der Waals surface area contributed by atoms with Crippen LogP contribution in [-0.4, -0.2) is 23.4 Å². The van der Waals surface area contributed by atoms with Gasteiger partial charge in [0.1, 0.15) is 13.2 Å². The topological polar surface area (TPSA) is 84.6 Å². The van der Waals surface area contributed by atoms with Crippen molar-refractivity contribution in [3.05, 3.63) is 10.1 Å². The molecule has 0 aromatic rings. The van der Waals surface area contributed by atoms with Crippen LogP contribution in [0.15, 0.2) is 0 Å². The summed E-state index contributed by atoms with van der Waals surface area (Å²) in [5.74, 6) is 0. The van der Waals surface area contributed by atoms with Gasteiger partial charge in [-0.3, -0.25) is 5.26 Å². The van der Waals surface area contributed by atoms with E-state index in [1.807, 2.05) is 0 Å². The lowest BCUT2D eigenvalue weighted by molar-refractivity contribution is -0.545. The van der Waals surface area contributed by atoms with Gasteiger partial charge in [0.05, 0.1) is 0 Å². The minimum atomic E-state index is -0.709. The van der Waals surface area contributed by atoms with Gasteiger partial charge in [-0.05, 0) is 0 Å². The van der Waals surface area contributed by atoms with Crippen LogP contribution in [0.4, 0.5) is 0 Å². The van der Waals surface area contributed by atoms with Crippen molar-refractivity contribution in [3.63, 3.8) is 0 Å². The van der Waals surface area contributed by atoms with Crippen molar-refractivity contribution >= 4 is 0 Å². The Bertz CT molecular complexity index is 74.4. The molecule has 6 heteroatoms. The quantitative estimate of drug-likeness (QED) is 0.222. The van der Waals surface area contributed by atoms with Crippen LogP contribution >= 0.6 is 0 Å². The maximum Gasteiger partial charge on any atom is 0.157 e. The monoisotopic (exact) mass is 122 g/mol. The average Bonchev–Trinajstić information content (AvgIpc) is 1.66. The summed E-state index contributed by atoms with van der Waals surface area (Å²) >= 11 is 0. The molecule has 0 aliphatic heterocycles. The van der Waals surface area contributed by atoms with E-state index in [2.05, 4.69) is 4.89 Å². The molecule has 0 aromatic heterocycles. The summed E-state index contributed by atoms with van der Waals surface area (Å²) in [5, 5.41) is 16.3. The van der Waals surface area contributed by atoms with Gasteiger partial charge in [0.2, 0.25) is 0 Å². The third-order valence-corrected chi connectivity index (χ3v) is 0.434. The standard InChI is InChI=1S/C2H6N2O4/c5-4(6)3-1-2-8-7/h3,7H,1-2H2. The summed E-state index contributed by atoms with van der Waals surface area (Å²) in [5.41, 5.74) is 1.78. The summed E-state index contributed by atoms with van der Waals surface area (Å²) in [6.07, 6.45) is 0. The van der Waals surface area contributed by atoms with E-state index in [-0.39, 0.29) is 13.2 Å². The van der Waals surface area contributed by atoms with Gasteiger partial charge >= 0.3 is 0 Å². The Kier molecular flexibility index (Phi) is 3.81. The molecule has 0 atom stereocenters. The van der Waals surface area contributed by atoms with E-state index >= 15 is 0 Å². The van der Waals surface area contributed by atoms with E-state index in [9.17, 15) is 10.1 Å². The predicted molar refractivity (Wildman–Crippen MR) is 23.6 cm³/mol. The van der Waals surface area contributed by atoms with Gasteiger partial charge in [-0.2, -0.15) is 0 Å². The molecular formula is C2H6N2O4. The van der Waals surface area contributed by atoms with Crippen LogP contribution in [0.1, 0.15) is 0 Å². The highest BCUT2D eigenvalue weighted by Gasteiger charge is 1.90. The van der Waals surface area contributed by atoms with Crippen molar-refractivity contribution in [2.24, 2.45) is 0 Å². The van der Waals surface area contributed by atoms with Crippen molar-refractivity contribution < 1.29 is 15.2 Å². The molecule has 48 valence electrons. The second-order valence-electron chi connectivity index (χ2n) is 0.998. The van der Waals surface area contributed by atoms with Crippen molar-refractivity contribution in [1.29, 1.82) is 0 Å². The number of nitro groups is 1. The molecule has 2 N–H and O–H groups in total. The molecule has 0 saturated heterocycles. The zero-order chi connectivity index (χ0) is 6.41. The van der Waals surface area contributed by atoms with Gasteiger partial charge in [-0.25, -0.2) is 15.0 Å². The Hall–Kier alpha value is -0.880. The first-order valence-corrected chi connectivity index (χ1v) is 1.91. The molecule has 0 aliphatic carbocycles. The SMILES string of the molecule is O=[N+]([O-])NCCOO. The summed E-state index contributed by atoms with van der Waals surface area (Å²) in [4.78, 5) is 13.0. The molecule has 0 rings (SSSR count). The van der Waals surface area contributed by atoms with Crippen LogP contribution in [0.2, 0.25) is 0 Å². The van der Waals surface area contributed by atoms with Gasteiger partial charge in [-0.15, -0.1) is 5.43 Å². The minimum Gasteiger partial charge on any atom is -0.252 e. The van der Waals surface area contributed by atoms with Crippen LogP contribution < -0.4 is 5.43 Å². The van der Waals surface area contributed by atoms with Crippen molar-refractivity contribution in [2.75, 3.05) is 13.2 Å². The highest BCUT2D eigenvalue weighted by molar-refractivity contribution is 4.25. The largest absolute Gasteiger partial charge is 0.252 e. The number of nitrogens with one attached hydrogen (secondary N) is 1. The summed E-state index contributed by atoms with van der Waals surface area (Å²) in [6.45, 7) is -0.0789. The zero-order valence-electron chi connectivity index (χ0n) is 4.03. The normalized spacial score (nSPS) is 8.62. The van der Waals surface area contributed by atoms with E-state index in [0.717, 1.165) is 0 Å². The Morgan fingerprint density at radius 2 is 2.50 bits per heavy atom. The van der Waals surface area contributed by atoms with Crippen LogP contribution in [0.5, 0.6) is 0 Å². The molecule has 0 saturated carbocycles. The van der Waals surface area contributed by atoms with Crippen LogP contribution in [0.3, 0.4) is 0 Å². The molecule has 0 heterocycles. The van der Waals surface area contributed by atoms with E-state index in [1.54, 1.807) is 5.43 Å². The van der Waals surface area contributed by atoms with Gasteiger partial charge in [0.15, 0.2) is 5.03 Å². The van der Waals surface area contributed by atoms with Crippen molar-refractivity contribution in [1.82, 2.24) is 5.43 Å². The summed E-state index contributed by atoms with van der Waals surface area (Å²) < 4.78 is 0. The summed E-state index contributed by atoms with van der Waals surface area (Å²) in [7, 11) is 0. The molecule has 0 aromatic carbocycles. The molecular weight excluding hydrogens is 116 g/mol. The smallest absolute Gasteiger partial charge is 0.157 e. The molecule has 6 nitrogen and oxygen atoms in total. The fourth-order valence-corrected chi connectivity index (χ4v) is 0.183. The van der Waals surface area contributed by atoms with E-state index in [1.165, 1.54) is 0 Å². The lowest BCUT2D eigenvalue weighted by atomic mass is 10.7. The Labute approximate surface area is 45.1 Å². The molecule has 0 amide bonds. The van der Waals surface area contributed by atoms with Gasteiger partial charge < -0.3 is 0 Å². The highest BCUT2D eigenvalue weighted by Crippen LogP contribution is 1.61. The maximum atomic E-state index is 9.43. The third-order valence-electron chi connectivity index (χ3n) is 0.434. The van der Waals surface area contributed by atoms with Crippen LogP contribution in [-0.2, 0) is 4.89 Å². The van der Waals surface area contributed by atoms with Crippen molar-refractivity contribution in [3.8, 4) is 0 Å². The lowest BCUT2D eigenvalue weighted by Crippen LogP contribution is -2.25. The second kappa shape index (κ2) is 4.28. The number of hydrogen-bond acceptors (Lipinski definition) is 4. The number of nitrogens with zero attached hydrogens (tertiary/aromatic N) is 1. The van der Waals surface area contributed by atoms with Crippen LogP contribution in [0, 0.1) is 10.1 Å². The van der Waals surface area contributed by atoms with Gasteiger partial charge in [-0.1, -0.05) is 0 Å². The number of hydrogen-bond donors (Lipinski definition) is 2. The van der Waals surface area contributed by atoms with Gasteiger partial charge in [0.25, 0.3) is 0 Å². The second-order valence-corrected chi connectivity index (χ2v) is 0.998. The van der Waals surface area contributed by atoms with E-state index in [4.69, 9.17) is 5.26 Å². The fraction of sp³-hybridized carbons (Fsp3) is 1.00. The third kappa shape index (κ3) is 5.12. The first kappa shape index (κ1) is 7.12. The Morgan fingerprint density at radius 1 is 1.88 bits per heavy atom. The van der Waals surface area contributed by atoms with E-state index < -0.39 is 5.03 Å².